The van der Waals surface area contributed by atoms with E-state index in [-0.39, 0.29) is 22.1 Å². The fraction of sp³-hybridized carbons (Fsp3) is 0.278. The maximum absolute atomic E-state index is 12.2. The third kappa shape index (κ3) is 5.21. The van der Waals surface area contributed by atoms with E-state index >= 15 is 0 Å². The molecule has 0 aliphatic carbocycles. The number of amides is 1. The van der Waals surface area contributed by atoms with Gasteiger partial charge in [-0.3, -0.25) is 4.79 Å². The Morgan fingerprint density at radius 3 is 2.50 bits per heavy atom. The number of carbonyl (C=O) groups excluding carboxylic acids is 1. The first kappa shape index (κ1) is 19.7. The van der Waals surface area contributed by atoms with Crippen molar-refractivity contribution >= 4 is 15.9 Å². The summed E-state index contributed by atoms with van der Waals surface area (Å²) in [5, 5.41) is 2.74. The first-order valence-corrected chi connectivity index (χ1v) is 9.54. The number of methoxy groups -OCH3 is 1. The van der Waals surface area contributed by atoms with Gasteiger partial charge in [0.15, 0.2) is 0 Å². The van der Waals surface area contributed by atoms with E-state index in [0.29, 0.717) is 19.6 Å². The quantitative estimate of drug-likeness (QED) is 0.649. The summed E-state index contributed by atoms with van der Waals surface area (Å²) in [5.74, 6) is 0.586. The van der Waals surface area contributed by atoms with Crippen molar-refractivity contribution in [2.75, 3.05) is 27.3 Å². The maximum atomic E-state index is 12.2. The van der Waals surface area contributed by atoms with E-state index in [9.17, 15) is 13.2 Å². The van der Waals surface area contributed by atoms with Crippen LogP contribution in [0.15, 0.2) is 53.4 Å². The van der Waals surface area contributed by atoms with Gasteiger partial charge in [0, 0.05) is 12.1 Å². The van der Waals surface area contributed by atoms with Crippen LogP contribution < -0.4 is 19.5 Å². The highest BCUT2D eigenvalue weighted by atomic mass is 32.2. The summed E-state index contributed by atoms with van der Waals surface area (Å²) in [6.07, 6.45) is 0.623. The average Bonchev–Trinajstić information content (AvgIpc) is 2.67. The number of ether oxygens (including phenoxy) is 2. The van der Waals surface area contributed by atoms with Crippen molar-refractivity contribution < 1.29 is 22.7 Å². The predicted octanol–water partition coefficient (Wildman–Crippen LogP) is 1.80. The molecule has 2 rings (SSSR count). The van der Waals surface area contributed by atoms with Crippen LogP contribution in [0, 0.1) is 0 Å². The summed E-state index contributed by atoms with van der Waals surface area (Å²) in [5.41, 5.74) is 0.239. The molecule has 1 amide bonds. The van der Waals surface area contributed by atoms with Crippen LogP contribution in [0.5, 0.6) is 11.5 Å². The largest absolute Gasteiger partial charge is 0.495 e. The molecule has 0 radical (unpaired) electrons. The van der Waals surface area contributed by atoms with Gasteiger partial charge in [-0.15, -0.1) is 0 Å². The molecule has 0 fully saturated rings. The monoisotopic (exact) mass is 378 g/mol. The number of para-hydroxylation sites is 1. The van der Waals surface area contributed by atoms with Gasteiger partial charge in [0.1, 0.15) is 16.4 Å². The zero-order valence-electron chi connectivity index (χ0n) is 14.7. The molecule has 0 atom stereocenters. The molecular weight excluding hydrogens is 356 g/mol. The van der Waals surface area contributed by atoms with E-state index < -0.39 is 10.0 Å². The van der Waals surface area contributed by atoms with Crippen molar-refractivity contribution in [1.82, 2.24) is 10.0 Å². The first-order chi connectivity index (χ1) is 12.5. The van der Waals surface area contributed by atoms with Crippen LogP contribution in [-0.4, -0.2) is 41.6 Å². The number of benzene rings is 2. The number of sulfonamides is 1. The molecule has 0 aliphatic heterocycles. The standard InChI is InChI=1S/C18H22N2O5S/c1-19-26(22,23)17-13-14(9-10-16(17)24-2)18(21)20-11-6-12-25-15-7-4-3-5-8-15/h3-5,7-10,13,19H,6,11-12H2,1-2H3,(H,20,21). The second kappa shape index (κ2) is 9.21. The van der Waals surface area contributed by atoms with Crippen molar-refractivity contribution in [3.05, 3.63) is 54.1 Å². The molecule has 0 bridgehead atoms. The Bertz CT molecular complexity index is 838. The summed E-state index contributed by atoms with van der Waals surface area (Å²) in [6, 6.07) is 13.7. The normalized spacial score (nSPS) is 11.0. The van der Waals surface area contributed by atoms with Crippen molar-refractivity contribution in [2.45, 2.75) is 11.3 Å². The molecule has 26 heavy (non-hydrogen) atoms. The lowest BCUT2D eigenvalue weighted by Gasteiger charge is -2.11. The molecule has 2 aromatic rings. The molecule has 140 valence electrons. The third-order valence-corrected chi connectivity index (χ3v) is 5.04. The second-order valence-electron chi connectivity index (χ2n) is 5.34. The number of nitrogens with one attached hydrogen (secondary N) is 2. The summed E-state index contributed by atoms with van der Waals surface area (Å²) in [7, 11) is -1.06. The number of carbonyl (C=O) groups is 1. The van der Waals surface area contributed by atoms with E-state index in [2.05, 4.69) is 10.0 Å². The lowest BCUT2D eigenvalue weighted by atomic mass is 10.2. The van der Waals surface area contributed by atoms with Crippen molar-refractivity contribution in [2.24, 2.45) is 0 Å². The Labute approximate surface area is 153 Å². The number of rotatable bonds is 9. The molecular formula is C18H22N2O5S. The van der Waals surface area contributed by atoms with Gasteiger partial charge in [0.05, 0.1) is 13.7 Å². The van der Waals surface area contributed by atoms with E-state index in [0.717, 1.165) is 5.75 Å². The lowest BCUT2D eigenvalue weighted by molar-refractivity contribution is 0.0951. The summed E-state index contributed by atoms with van der Waals surface area (Å²) >= 11 is 0. The van der Waals surface area contributed by atoms with Gasteiger partial charge in [-0.1, -0.05) is 18.2 Å². The fourth-order valence-electron chi connectivity index (χ4n) is 2.22. The molecule has 8 heteroatoms. The molecule has 0 heterocycles. The SMILES string of the molecule is CNS(=O)(=O)c1cc(C(=O)NCCCOc2ccccc2)ccc1OC. The Morgan fingerprint density at radius 2 is 1.85 bits per heavy atom. The van der Waals surface area contributed by atoms with Crippen molar-refractivity contribution in [3.63, 3.8) is 0 Å². The van der Waals surface area contributed by atoms with Crippen molar-refractivity contribution in [3.8, 4) is 11.5 Å². The van der Waals surface area contributed by atoms with Crippen LogP contribution in [0.2, 0.25) is 0 Å². The maximum Gasteiger partial charge on any atom is 0.251 e. The number of hydrogen-bond acceptors (Lipinski definition) is 5. The average molecular weight is 378 g/mol. The minimum absolute atomic E-state index is 0.0810. The zero-order chi connectivity index (χ0) is 19.0. The van der Waals surface area contributed by atoms with Gasteiger partial charge < -0.3 is 14.8 Å². The van der Waals surface area contributed by atoms with Gasteiger partial charge in [0.2, 0.25) is 10.0 Å². The molecule has 0 spiro atoms. The lowest BCUT2D eigenvalue weighted by Crippen LogP contribution is -2.26. The summed E-state index contributed by atoms with van der Waals surface area (Å²) in [4.78, 5) is 12.2. The smallest absolute Gasteiger partial charge is 0.251 e. The van der Waals surface area contributed by atoms with Gasteiger partial charge in [-0.2, -0.15) is 0 Å². The van der Waals surface area contributed by atoms with Crippen LogP contribution >= 0.6 is 0 Å². The Morgan fingerprint density at radius 1 is 1.12 bits per heavy atom. The van der Waals surface area contributed by atoms with Crippen molar-refractivity contribution in [1.29, 1.82) is 0 Å². The minimum atomic E-state index is -3.73. The Kier molecular flexibility index (Phi) is 6.99. The van der Waals surface area contributed by atoms with Crippen LogP contribution in [0.4, 0.5) is 0 Å². The highest BCUT2D eigenvalue weighted by molar-refractivity contribution is 7.89. The topological polar surface area (TPSA) is 93.7 Å². The van der Waals surface area contributed by atoms with Gasteiger partial charge in [0.25, 0.3) is 5.91 Å². The fourth-order valence-corrected chi connectivity index (χ4v) is 3.14. The summed E-state index contributed by atoms with van der Waals surface area (Å²) in [6.45, 7) is 0.873. The highest BCUT2D eigenvalue weighted by Gasteiger charge is 2.20. The van der Waals surface area contributed by atoms with E-state index in [1.165, 1.54) is 32.4 Å². The van der Waals surface area contributed by atoms with E-state index in [1.54, 1.807) is 0 Å². The molecule has 2 N–H and O–H groups in total. The Balaban J connectivity index is 1.92. The van der Waals surface area contributed by atoms with Gasteiger partial charge in [-0.05, 0) is 43.8 Å². The highest BCUT2D eigenvalue weighted by Crippen LogP contribution is 2.24. The molecule has 0 unspecified atom stereocenters. The van der Waals surface area contributed by atoms with Crippen LogP contribution in [-0.2, 0) is 10.0 Å². The second-order valence-corrected chi connectivity index (χ2v) is 7.20. The van der Waals surface area contributed by atoms with Crippen LogP contribution in [0.1, 0.15) is 16.8 Å². The number of hydrogen-bond donors (Lipinski definition) is 2. The Hall–Kier alpha value is -2.58. The molecule has 7 nitrogen and oxygen atoms in total. The van der Waals surface area contributed by atoms with Gasteiger partial charge in [-0.25, -0.2) is 13.1 Å². The van der Waals surface area contributed by atoms with Crippen LogP contribution in [0.3, 0.4) is 0 Å². The first-order valence-electron chi connectivity index (χ1n) is 8.05. The summed E-state index contributed by atoms with van der Waals surface area (Å²) < 4.78 is 36.9. The minimum Gasteiger partial charge on any atom is -0.495 e. The molecule has 0 saturated carbocycles. The van der Waals surface area contributed by atoms with Crippen LogP contribution in [0.25, 0.3) is 0 Å². The van der Waals surface area contributed by atoms with E-state index in [4.69, 9.17) is 9.47 Å². The zero-order valence-corrected chi connectivity index (χ0v) is 15.5. The third-order valence-electron chi connectivity index (χ3n) is 3.60. The molecule has 0 aromatic heterocycles. The van der Waals surface area contributed by atoms with E-state index in [1.807, 2.05) is 30.3 Å². The predicted molar refractivity (Wildman–Crippen MR) is 98.1 cm³/mol. The molecule has 0 saturated heterocycles. The van der Waals surface area contributed by atoms with Gasteiger partial charge >= 0.3 is 0 Å². The molecule has 2 aromatic carbocycles. The molecule has 0 aliphatic rings.